The molecule has 0 unspecified atom stereocenters. The Kier molecular flexibility index (Phi) is 3.71. The molecule has 0 aliphatic heterocycles. The molecule has 0 bridgehead atoms. The van der Waals surface area contributed by atoms with Crippen LogP contribution in [-0.4, -0.2) is 26.7 Å². The molecule has 0 atom stereocenters. The van der Waals surface area contributed by atoms with Gasteiger partial charge >= 0.3 is 0 Å². The number of rotatable bonds is 5. The molecular formula is C11H16N6O. The minimum atomic E-state index is 0.242. The smallest absolute Gasteiger partial charge is 0.213 e. The van der Waals surface area contributed by atoms with E-state index >= 15 is 0 Å². The first-order chi connectivity index (χ1) is 8.65. The molecule has 96 valence electrons. The number of hydrogen-bond acceptors (Lipinski definition) is 7. The number of nitrogens with zero attached hydrogens (tertiary/aromatic N) is 4. The Morgan fingerprint density at radius 3 is 2.89 bits per heavy atom. The van der Waals surface area contributed by atoms with Crippen LogP contribution in [0.1, 0.15) is 31.4 Å². The minimum Gasteiger partial charge on any atom is -0.384 e. The van der Waals surface area contributed by atoms with Gasteiger partial charge in [-0.25, -0.2) is 9.97 Å². The summed E-state index contributed by atoms with van der Waals surface area (Å²) in [5, 5.41) is 6.89. The number of aromatic nitrogens is 4. The van der Waals surface area contributed by atoms with Gasteiger partial charge in [0.1, 0.15) is 17.5 Å². The van der Waals surface area contributed by atoms with Crippen LogP contribution in [0.5, 0.6) is 0 Å². The quantitative estimate of drug-likeness (QED) is 0.819. The molecular weight excluding hydrogens is 232 g/mol. The van der Waals surface area contributed by atoms with Crippen molar-refractivity contribution >= 4 is 11.6 Å². The summed E-state index contributed by atoms with van der Waals surface area (Å²) in [5.74, 6) is 2.82. The van der Waals surface area contributed by atoms with Gasteiger partial charge in [0.2, 0.25) is 6.39 Å². The molecule has 0 aliphatic rings. The van der Waals surface area contributed by atoms with Crippen molar-refractivity contribution < 1.29 is 4.52 Å². The molecule has 2 aromatic rings. The summed E-state index contributed by atoms with van der Waals surface area (Å²) in [6.07, 6.45) is 1.98. The van der Waals surface area contributed by atoms with Gasteiger partial charge in [0, 0.05) is 24.9 Å². The van der Waals surface area contributed by atoms with E-state index in [1.54, 1.807) is 6.07 Å². The summed E-state index contributed by atoms with van der Waals surface area (Å²) in [6, 6.07) is 1.71. The lowest BCUT2D eigenvalue weighted by atomic mass is 10.2. The molecule has 0 spiro atoms. The maximum Gasteiger partial charge on any atom is 0.213 e. The van der Waals surface area contributed by atoms with E-state index in [1.807, 2.05) is 13.8 Å². The van der Waals surface area contributed by atoms with Crippen LogP contribution in [0.25, 0.3) is 0 Å². The van der Waals surface area contributed by atoms with E-state index in [0.717, 1.165) is 11.6 Å². The Hall–Kier alpha value is -2.18. The van der Waals surface area contributed by atoms with Gasteiger partial charge in [0.15, 0.2) is 5.82 Å². The summed E-state index contributed by atoms with van der Waals surface area (Å²) in [5.41, 5.74) is 5.73. The molecule has 0 amide bonds. The Morgan fingerprint density at radius 1 is 1.39 bits per heavy atom. The molecule has 0 saturated carbocycles. The van der Waals surface area contributed by atoms with Gasteiger partial charge in [-0.15, -0.1) is 0 Å². The number of hydrogen-bond donors (Lipinski definition) is 2. The van der Waals surface area contributed by atoms with Crippen LogP contribution < -0.4 is 11.1 Å². The number of anilines is 2. The lowest BCUT2D eigenvalue weighted by Gasteiger charge is -2.09. The SMILES string of the molecule is CC(C)c1nc(N)cc(NCCc2ncon2)n1. The Balaban J connectivity index is 1.96. The highest BCUT2D eigenvalue weighted by atomic mass is 16.5. The number of nitrogen functional groups attached to an aromatic ring is 1. The Labute approximate surface area is 105 Å². The average Bonchev–Trinajstić information content (AvgIpc) is 2.81. The fraction of sp³-hybridized carbons (Fsp3) is 0.455. The Bertz CT molecular complexity index is 496. The van der Waals surface area contributed by atoms with Crippen LogP contribution in [0, 0.1) is 0 Å². The van der Waals surface area contributed by atoms with Gasteiger partial charge < -0.3 is 15.6 Å². The predicted octanol–water partition coefficient (Wildman–Crippen LogP) is 1.22. The summed E-state index contributed by atoms with van der Waals surface area (Å²) < 4.78 is 4.65. The molecule has 0 aromatic carbocycles. The van der Waals surface area contributed by atoms with Crippen molar-refractivity contribution in [1.82, 2.24) is 20.1 Å². The first-order valence-corrected chi connectivity index (χ1v) is 5.78. The molecule has 7 nitrogen and oxygen atoms in total. The van der Waals surface area contributed by atoms with Crippen LogP contribution in [0.15, 0.2) is 17.0 Å². The normalized spacial score (nSPS) is 10.8. The summed E-state index contributed by atoms with van der Waals surface area (Å²) in [4.78, 5) is 12.5. The largest absolute Gasteiger partial charge is 0.384 e. The number of nitrogens with two attached hydrogens (primary N) is 1. The standard InChI is InChI=1S/C11H16N6O/c1-7(2)11-15-8(12)5-10(16-11)13-4-3-9-14-6-18-17-9/h5-7H,3-4H2,1-2H3,(H3,12,13,15,16). The van der Waals surface area contributed by atoms with Crippen LogP contribution in [0.4, 0.5) is 11.6 Å². The maximum absolute atomic E-state index is 5.73. The van der Waals surface area contributed by atoms with Crippen molar-refractivity contribution in [3.63, 3.8) is 0 Å². The van der Waals surface area contributed by atoms with Crippen molar-refractivity contribution in [3.05, 3.63) is 24.1 Å². The molecule has 2 aromatic heterocycles. The molecule has 0 fully saturated rings. The van der Waals surface area contributed by atoms with Crippen LogP contribution in [-0.2, 0) is 6.42 Å². The van der Waals surface area contributed by atoms with E-state index in [-0.39, 0.29) is 5.92 Å². The third kappa shape index (κ3) is 3.16. The Morgan fingerprint density at radius 2 is 2.22 bits per heavy atom. The predicted molar refractivity (Wildman–Crippen MR) is 67.0 cm³/mol. The van der Waals surface area contributed by atoms with E-state index in [2.05, 4.69) is 29.9 Å². The van der Waals surface area contributed by atoms with Gasteiger partial charge in [0.05, 0.1) is 0 Å². The molecule has 0 aliphatic carbocycles. The fourth-order valence-electron chi connectivity index (χ4n) is 1.44. The highest BCUT2D eigenvalue weighted by molar-refractivity contribution is 5.44. The lowest BCUT2D eigenvalue weighted by Crippen LogP contribution is -2.10. The van der Waals surface area contributed by atoms with Gasteiger partial charge in [-0.2, -0.15) is 4.98 Å². The van der Waals surface area contributed by atoms with Crippen LogP contribution in [0.3, 0.4) is 0 Å². The van der Waals surface area contributed by atoms with E-state index in [1.165, 1.54) is 6.39 Å². The van der Waals surface area contributed by atoms with Crippen LogP contribution in [0.2, 0.25) is 0 Å². The van der Waals surface area contributed by atoms with Crippen molar-refractivity contribution in [2.75, 3.05) is 17.6 Å². The molecule has 3 N–H and O–H groups in total. The average molecular weight is 248 g/mol. The maximum atomic E-state index is 5.73. The van der Waals surface area contributed by atoms with Crippen molar-refractivity contribution in [2.24, 2.45) is 0 Å². The van der Waals surface area contributed by atoms with Gasteiger partial charge in [-0.1, -0.05) is 19.0 Å². The van der Waals surface area contributed by atoms with E-state index in [0.29, 0.717) is 24.6 Å². The molecule has 0 radical (unpaired) electrons. The second-order valence-corrected chi connectivity index (χ2v) is 4.22. The van der Waals surface area contributed by atoms with Gasteiger partial charge in [-0.3, -0.25) is 0 Å². The molecule has 7 heteroatoms. The zero-order valence-electron chi connectivity index (χ0n) is 10.4. The van der Waals surface area contributed by atoms with Crippen molar-refractivity contribution in [1.29, 1.82) is 0 Å². The molecule has 0 saturated heterocycles. The van der Waals surface area contributed by atoms with E-state index in [4.69, 9.17) is 5.73 Å². The second kappa shape index (κ2) is 5.44. The third-order valence-corrected chi connectivity index (χ3v) is 2.34. The zero-order valence-corrected chi connectivity index (χ0v) is 10.4. The highest BCUT2D eigenvalue weighted by Gasteiger charge is 2.06. The first kappa shape index (κ1) is 12.3. The van der Waals surface area contributed by atoms with Crippen molar-refractivity contribution in [2.45, 2.75) is 26.2 Å². The van der Waals surface area contributed by atoms with E-state index in [9.17, 15) is 0 Å². The molecule has 18 heavy (non-hydrogen) atoms. The molecule has 2 heterocycles. The number of nitrogens with one attached hydrogen (secondary N) is 1. The molecule has 2 rings (SSSR count). The highest BCUT2D eigenvalue weighted by Crippen LogP contribution is 2.14. The topological polar surface area (TPSA) is 103 Å². The first-order valence-electron chi connectivity index (χ1n) is 5.78. The third-order valence-electron chi connectivity index (χ3n) is 2.34. The minimum absolute atomic E-state index is 0.242. The fourth-order valence-corrected chi connectivity index (χ4v) is 1.44. The van der Waals surface area contributed by atoms with Gasteiger partial charge in [0.25, 0.3) is 0 Å². The summed E-state index contributed by atoms with van der Waals surface area (Å²) in [6.45, 7) is 4.71. The zero-order chi connectivity index (χ0) is 13.0. The second-order valence-electron chi connectivity index (χ2n) is 4.22. The monoisotopic (exact) mass is 248 g/mol. The summed E-state index contributed by atoms with van der Waals surface area (Å²) >= 11 is 0. The van der Waals surface area contributed by atoms with Crippen molar-refractivity contribution in [3.8, 4) is 0 Å². The van der Waals surface area contributed by atoms with Crippen LogP contribution >= 0.6 is 0 Å². The van der Waals surface area contributed by atoms with E-state index < -0.39 is 0 Å². The lowest BCUT2D eigenvalue weighted by molar-refractivity contribution is 0.410. The summed E-state index contributed by atoms with van der Waals surface area (Å²) in [7, 11) is 0. The van der Waals surface area contributed by atoms with Gasteiger partial charge in [-0.05, 0) is 0 Å².